The van der Waals surface area contributed by atoms with Crippen molar-refractivity contribution in [2.45, 2.75) is 26.1 Å². The Morgan fingerprint density at radius 1 is 1.30 bits per heavy atom. The van der Waals surface area contributed by atoms with Crippen LogP contribution in [0.15, 0.2) is 46.0 Å². The molecule has 1 atom stereocenters. The van der Waals surface area contributed by atoms with Gasteiger partial charge in [0.05, 0.1) is 22.8 Å². The summed E-state index contributed by atoms with van der Waals surface area (Å²) < 4.78 is 50.3. The predicted octanol–water partition coefficient (Wildman–Crippen LogP) is 5.15. The van der Waals surface area contributed by atoms with Gasteiger partial charge >= 0.3 is 18.2 Å². The van der Waals surface area contributed by atoms with Crippen molar-refractivity contribution in [2.24, 2.45) is 0 Å². The molecule has 0 saturated carbocycles. The molecule has 1 unspecified atom stereocenters. The molecule has 2 heterocycles. The van der Waals surface area contributed by atoms with Crippen molar-refractivity contribution in [3.63, 3.8) is 0 Å². The van der Waals surface area contributed by atoms with Crippen molar-refractivity contribution in [3.8, 4) is 11.3 Å². The first kappa shape index (κ1) is 21.8. The number of urea groups is 1. The first-order chi connectivity index (χ1) is 14.0. The Kier molecular flexibility index (Phi) is 5.85. The molecular weight excluding hydrogens is 425 g/mol. The summed E-state index contributed by atoms with van der Waals surface area (Å²) in [6, 6.07) is 4.94. The molecule has 0 bridgehead atoms. The molecule has 0 spiro atoms. The van der Waals surface area contributed by atoms with Gasteiger partial charge < -0.3 is 19.4 Å². The summed E-state index contributed by atoms with van der Waals surface area (Å²) in [6.07, 6.45) is -4.62. The Balaban J connectivity index is 2.03. The molecule has 3 rings (SSSR count). The van der Waals surface area contributed by atoms with E-state index in [1.807, 2.05) is 0 Å². The van der Waals surface area contributed by atoms with E-state index in [1.54, 1.807) is 13.8 Å². The smallest absolute Gasteiger partial charge is 0.417 e. The molecule has 1 aromatic heterocycles. The maximum atomic E-state index is 13.2. The van der Waals surface area contributed by atoms with Gasteiger partial charge in [-0.25, -0.2) is 9.59 Å². The number of furan rings is 1. The Morgan fingerprint density at radius 3 is 2.63 bits per heavy atom. The Labute approximate surface area is 175 Å². The van der Waals surface area contributed by atoms with Gasteiger partial charge in [-0.15, -0.1) is 0 Å². The van der Waals surface area contributed by atoms with Gasteiger partial charge in [-0.05, 0) is 44.2 Å². The van der Waals surface area contributed by atoms with Crippen LogP contribution in [-0.4, -0.2) is 30.6 Å². The normalized spacial score (nSPS) is 17.2. The third kappa shape index (κ3) is 4.02. The second-order valence-electron chi connectivity index (χ2n) is 6.56. The van der Waals surface area contributed by atoms with Gasteiger partial charge in [0, 0.05) is 18.3 Å². The minimum atomic E-state index is -4.62. The van der Waals surface area contributed by atoms with E-state index < -0.39 is 34.8 Å². The molecule has 2 amide bonds. The lowest BCUT2D eigenvalue weighted by Gasteiger charge is -2.31. The molecule has 30 heavy (non-hydrogen) atoms. The lowest BCUT2D eigenvalue weighted by molar-refractivity contribution is -0.139. The summed E-state index contributed by atoms with van der Waals surface area (Å²) >= 11 is 5.66. The zero-order valence-corrected chi connectivity index (χ0v) is 17.0. The highest BCUT2D eigenvalue weighted by Gasteiger charge is 2.37. The summed E-state index contributed by atoms with van der Waals surface area (Å²) in [4.78, 5) is 26.0. The van der Waals surface area contributed by atoms with Gasteiger partial charge in [-0.3, -0.25) is 0 Å². The quantitative estimate of drug-likeness (QED) is 0.664. The van der Waals surface area contributed by atoms with E-state index >= 15 is 0 Å². The predicted molar refractivity (Wildman–Crippen MR) is 103 cm³/mol. The average Bonchev–Trinajstić information content (AvgIpc) is 3.15. The Hall–Kier alpha value is -2.94. The van der Waals surface area contributed by atoms with Crippen LogP contribution in [0.25, 0.3) is 11.3 Å². The molecule has 0 fully saturated rings. The number of benzene rings is 1. The Morgan fingerprint density at radius 2 is 2.00 bits per heavy atom. The topological polar surface area (TPSA) is 71.8 Å². The highest BCUT2D eigenvalue weighted by atomic mass is 35.5. The molecule has 1 aliphatic heterocycles. The van der Waals surface area contributed by atoms with E-state index in [0.717, 1.165) is 12.1 Å². The number of halogens is 4. The van der Waals surface area contributed by atoms with Crippen LogP contribution in [-0.2, 0) is 15.7 Å². The summed E-state index contributed by atoms with van der Waals surface area (Å²) in [5.74, 6) is -0.325. The molecule has 1 N–H and O–H groups in total. The number of nitrogens with one attached hydrogen (secondary N) is 1. The van der Waals surface area contributed by atoms with Crippen LogP contribution in [0.2, 0.25) is 5.02 Å². The fraction of sp³-hybridized carbons (Fsp3) is 0.300. The molecule has 0 radical (unpaired) electrons. The van der Waals surface area contributed by atoms with Gasteiger partial charge in [-0.1, -0.05) is 11.6 Å². The van der Waals surface area contributed by atoms with Gasteiger partial charge in [-0.2, -0.15) is 13.2 Å². The highest BCUT2D eigenvalue weighted by molar-refractivity contribution is 6.31. The molecule has 1 aliphatic rings. The van der Waals surface area contributed by atoms with Crippen LogP contribution in [0.1, 0.15) is 31.2 Å². The number of alkyl halides is 3. The molecule has 1 aromatic carbocycles. The maximum Gasteiger partial charge on any atom is 0.417 e. The van der Waals surface area contributed by atoms with Crippen molar-refractivity contribution in [3.05, 3.63) is 57.9 Å². The number of amides is 2. The van der Waals surface area contributed by atoms with Crippen LogP contribution in [0.3, 0.4) is 0 Å². The third-order valence-electron chi connectivity index (χ3n) is 4.72. The maximum absolute atomic E-state index is 13.2. The fourth-order valence-electron chi connectivity index (χ4n) is 3.08. The van der Waals surface area contributed by atoms with E-state index in [0.29, 0.717) is 5.70 Å². The summed E-state index contributed by atoms with van der Waals surface area (Å²) in [5.41, 5.74) is -0.288. The fourth-order valence-corrected chi connectivity index (χ4v) is 3.31. The molecule has 0 saturated heterocycles. The Bertz CT molecular complexity index is 1030. The van der Waals surface area contributed by atoms with Gasteiger partial charge in [0.25, 0.3) is 0 Å². The van der Waals surface area contributed by atoms with Crippen LogP contribution in [0.5, 0.6) is 0 Å². The lowest BCUT2D eigenvalue weighted by Crippen LogP contribution is -2.46. The molecule has 160 valence electrons. The van der Waals surface area contributed by atoms with E-state index in [2.05, 4.69) is 5.32 Å². The first-order valence-electron chi connectivity index (χ1n) is 8.93. The van der Waals surface area contributed by atoms with E-state index in [-0.39, 0.29) is 29.3 Å². The third-order valence-corrected chi connectivity index (χ3v) is 5.05. The van der Waals surface area contributed by atoms with Crippen molar-refractivity contribution >= 4 is 23.6 Å². The minimum absolute atomic E-state index is 0.126. The molecule has 10 heteroatoms. The molecular formula is C20H18ClF3N2O4. The second-order valence-corrected chi connectivity index (χ2v) is 6.96. The van der Waals surface area contributed by atoms with Gasteiger partial charge in [0.2, 0.25) is 0 Å². The number of esters is 1. The summed E-state index contributed by atoms with van der Waals surface area (Å²) in [6.45, 7) is 3.38. The largest absolute Gasteiger partial charge is 0.463 e. The van der Waals surface area contributed by atoms with Crippen molar-refractivity contribution in [2.75, 3.05) is 13.7 Å². The first-order valence-corrected chi connectivity index (χ1v) is 9.31. The van der Waals surface area contributed by atoms with Gasteiger partial charge in [0.15, 0.2) is 0 Å². The van der Waals surface area contributed by atoms with E-state index in [1.165, 1.54) is 30.1 Å². The second kappa shape index (κ2) is 8.06. The number of hydrogen-bond donors (Lipinski definition) is 1. The molecule has 6 nitrogen and oxygen atoms in total. The summed E-state index contributed by atoms with van der Waals surface area (Å²) in [5, 5.41) is 2.22. The standard InChI is InChI=1S/C20H18ClF3N2O4/c1-4-29-18(27)16-10(2)26(3)19(28)25-17(16)15-8-7-14(30-15)11-5-6-13(21)12(9-11)20(22,23)24/h5-9,17H,4H2,1-3H3,(H,25,28). The van der Waals surface area contributed by atoms with E-state index in [9.17, 15) is 22.8 Å². The van der Waals surface area contributed by atoms with Gasteiger partial charge in [0.1, 0.15) is 17.6 Å². The SMILES string of the molecule is CCOC(=O)C1=C(C)N(C)C(=O)NC1c1ccc(-c2ccc(Cl)c(C(F)(F)F)c2)o1. The van der Waals surface area contributed by atoms with E-state index in [4.69, 9.17) is 20.8 Å². The van der Waals surface area contributed by atoms with Crippen LogP contribution >= 0.6 is 11.6 Å². The minimum Gasteiger partial charge on any atom is -0.463 e. The number of carbonyl (C=O) groups is 2. The molecule has 0 aliphatic carbocycles. The number of nitrogens with zero attached hydrogens (tertiary/aromatic N) is 1. The highest BCUT2D eigenvalue weighted by Crippen LogP contribution is 2.39. The van der Waals surface area contributed by atoms with Crippen molar-refractivity contribution < 1.29 is 31.9 Å². The van der Waals surface area contributed by atoms with Crippen LogP contribution in [0, 0.1) is 0 Å². The van der Waals surface area contributed by atoms with Crippen LogP contribution < -0.4 is 5.32 Å². The number of ether oxygens (including phenoxy) is 1. The molecule has 2 aromatic rings. The van der Waals surface area contributed by atoms with Crippen molar-refractivity contribution in [1.82, 2.24) is 10.2 Å². The van der Waals surface area contributed by atoms with Crippen molar-refractivity contribution in [1.29, 1.82) is 0 Å². The average molecular weight is 443 g/mol. The van der Waals surface area contributed by atoms with Crippen LogP contribution in [0.4, 0.5) is 18.0 Å². The number of allylic oxidation sites excluding steroid dienone is 1. The monoisotopic (exact) mass is 442 g/mol. The number of hydrogen-bond acceptors (Lipinski definition) is 4. The summed E-state index contributed by atoms with van der Waals surface area (Å²) in [7, 11) is 1.50. The zero-order chi connectivity index (χ0) is 22.2. The number of rotatable bonds is 4. The zero-order valence-electron chi connectivity index (χ0n) is 16.3. The lowest BCUT2D eigenvalue weighted by atomic mass is 10.00. The number of carbonyl (C=O) groups excluding carboxylic acids is 2.